The molecule has 1 atom stereocenters. The molecule has 7 aromatic rings. The molecule has 0 bridgehead atoms. The molecule has 402 valence electrons. The summed E-state index contributed by atoms with van der Waals surface area (Å²) in [6.45, 7) is 13.6. The zero-order valence-corrected chi connectivity index (χ0v) is 47.0. The molecule has 0 spiro atoms. The van der Waals surface area contributed by atoms with Crippen molar-refractivity contribution in [2.24, 2.45) is 7.05 Å². The topological polar surface area (TPSA) is 172 Å². The Kier molecular flexibility index (Phi) is 21.7. The summed E-state index contributed by atoms with van der Waals surface area (Å²) in [7, 11) is 3.82. The normalized spacial score (nSPS) is 15.6. The maximum Gasteiger partial charge on any atom is 0.281 e. The minimum absolute atomic E-state index is 0.0943. The van der Waals surface area contributed by atoms with E-state index >= 15 is 0 Å². The molecule has 16 nitrogen and oxygen atoms in total. The summed E-state index contributed by atoms with van der Waals surface area (Å²) in [6, 6.07) is 30.4. The number of amides is 1. The van der Waals surface area contributed by atoms with Crippen LogP contribution in [-0.2, 0) is 52.2 Å². The molecule has 3 N–H and O–H groups in total. The van der Waals surface area contributed by atoms with Crippen LogP contribution in [0, 0.1) is 0 Å². The fourth-order valence-electron chi connectivity index (χ4n) is 9.67. The van der Waals surface area contributed by atoms with Crippen LogP contribution in [-0.4, -0.2) is 159 Å². The first-order valence-electron chi connectivity index (χ1n) is 26.2. The monoisotopic (exact) mass is 1150 g/mol. The van der Waals surface area contributed by atoms with Gasteiger partial charge in [-0.2, -0.15) is 5.10 Å². The third-order valence-corrected chi connectivity index (χ3v) is 14.8. The second-order valence-electron chi connectivity index (χ2n) is 19.2. The van der Waals surface area contributed by atoms with E-state index in [1.54, 1.807) is 11.7 Å². The first-order valence-corrected chi connectivity index (χ1v) is 27.8. The van der Waals surface area contributed by atoms with E-state index in [4.69, 9.17) is 9.47 Å². The molecule has 3 aromatic heterocycles. The van der Waals surface area contributed by atoms with Crippen LogP contribution >= 0.6 is 31.9 Å². The van der Waals surface area contributed by atoms with Crippen LogP contribution in [0.25, 0.3) is 44.1 Å². The Morgan fingerprint density at radius 2 is 1.41 bits per heavy atom. The van der Waals surface area contributed by atoms with Gasteiger partial charge in [-0.3, -0.25) is 28.6 Å². The first kappa shape index (κ1) is 57.6. The highest BCUT2D eigenvalue weighted by molar-refractivity contribution is 9.10. The molecule has 2 saturated heterocycles. The maximum absolute atomic E-state index is 13.4. The number of hydrogen-bond donors (Lipinski definition) is 3. The number of nitrogens with one attached hydrogen (secondary N) is 1. The number of aryl methyl sites for hydroxylation is 2. The van der Waals surface area contributed by atoms with Crippen molar-refractivity contribution in [3.05, 3.63) is 128 Å². The highest BCUT2D eigenvalue weighted by Gasteiger charge is 2.32. The Balaban J connectivity index is 0.000000608. The van der Waals surface area contributed by atoms with Crippen molar-refractivity contribution in [2.45, 2.75) is 77.3 Å². The first-order chi connectivity index (χ1) is 36.4. The number of aldehydes is 1. The van der Waals surface area contributed by atoms with E-state index in [1.807, 2.05) is 75.5 Å². The SMILES string of the molecule is CC.CN1CCC(O)(Cn2cnc3c(-c4ccc(CNC(=O)CCOCCOCCN5CCN(CC(O)Cn6c7ccc(Br)cc7c7cc(Br)ccc76)CC5)cc4)n(C)nc3c2=O)CC1.O=CCCc1ccccc1. The zero-order chi connectivity index (χ0) is 53.3. The minimum Gasteiger partial charge on any atom is -0.390 e. The average Bonchev–Trinajstić information content (AvgIpc) is 3.92. The van der Waals surface area contributed by atoms with Gasteiger partial charge in [0.1, 0.15) is 11.8 Å². The molecule has 18 heteroatoms. The highest BCUT2D eigenvalue weighted by atomic mass is 79.9. The van der Waals surface area contributed by atoms with Crippen LogP contribution in [0.3, 0.4) is 0 Å². The number of fused-ring (bicyclic) bond motifs is 4. The molecule has 0 radical (unpaired) electrons. The number of aromatic nitrogens is 5. The standard InChI is InChI=1S/C46H57Br2N9O6.C9H10O.C2H6/c1-52-14-12-46(61,13-15-52)30-56-31-50-42-43(45(56)60)51-53(2)44(42)33-5-3-32(4-6-33)27-49-41(59)11-21-62-23-24-63-22-20-54-16-18-55(19-17-54)28-36(58)29-57-39-9-7-34(47)25-37(39)38-26-35(48)8-10-40(38)57;10-8-4-7-9-5-2-1-3-6-9;1-2/h3-10,25-26,31,36,58,61H,11-24,27-30H2,1-2H3,(H,49,59);1-3,5-6,8H,4,7H2;1-2H3. The number of aliphatic hydroxyl groups is 2. The lowest BCUT2D eigenvalue weighted by molar-refractivity contribution is -0.122. The number of halogens is 2. The second-order valence-corrected chi connectivity index (χ2v) is 21.1. The van der Waals surface area contributed by atoms with Gasteiger partial charge >= 0.3 is 0 Å². The van der Waals surface area contributed by atoms with Gasteiger partial charge in [-0.15, -0.1) is 0 Å². The number of piperidine rings is 1. The van der Waals surface area contributed by atoms with Gasteiger partial charge in [0.15, 0.2) is 5.52 Å². The zero-order valence-electron chi connectivity index (χ0n) is 43.8. The lowest BCUT2D eigenvalue weighted by Gasteiger charge is -2.36. The van der Waals surface area contributed by atoms with Crippen molar-refractivity contribution in [2.75, 3.05) is 85.8 Å². The molecule has 5 heterocycles. The Morgan fingerprint density at radius 3 is 2.05 bits per heavy atom. The fourth-order valence-corrected chi connectivity index (χ4v) is 10.4. The number of nitrogens with zero attached hydrogens (tertiary/aromatic N) is 8. The molecule has 2 aliphatic heterocycles. The van der Waals surface area contributed by atoms with E-state index in [2.05, 4.69) is 103 Å². The van der Waals surface area contributed by atoms with Crippen molar-refractivity contribution in [3.63, 3.8) is 0 Å². The summed E-state index contributed by atoms with van der Waals surface area (Å²) in [5, 5.41) is 32.1. The summed E-state index contributed by atoms with van der Waals surface area (Å²) in [4.78, 5) is 47.4. The van der Waals surface area contributed by atoms with Crippen LogP contribution in [0.2, 0.25) is 0 Å². The number of aliphatic hydroxyl groups excluding tert-OH is 1. The van der Waals surface area contributed by atoms with Gasteiger partial charge in [0.05, 0.1) is 63.2 Å². The molecule has 75 heavy (non-hydrogen) atoms. The maximum atomic E-state index is 13.4. The molecular weight excluding hydrogens is 1080 g/mol. The number of carbonyl (C=O) groups excluding carboxylic acids is 2. The summed E-state index contributed by atoms with van der Waals surface area (Å²) in [6.07, 6.45) is 4.92. The van der Waals surface area contributed by atoms with Gasteiger partial charge in [-0.05, 0) is 73.8 Å². The van der Waals surface area contributed by atoms with E-state index in [0.717, 1.165) is 95.3 Å². The Morgan fingerprint density at radius 1 is 0.787 bits per heavy atom. The van der Waals surface area contributed by atoms with Crippen molar-refractivity contribution in [1.82, 2.24) is 43.9 Å². The van der Waals surface area contributed by atoms with Gasteiger partial charge < -0.3 is 39.3 Å². The number of piperazine rings is 1. The Bertz CT molecular complexity index is 2930. The van der Waals surface area contributed by atoms with Crippen LogP contribution in [0.15, 0.2) is 111 Å². The van der Waals surface area contributed by atoms with Crippen molar-refractivity contribution >= 4 is 76.9 Å². The van der Waals surface area contributed by atoms with E-state index in [9.17, 15) is 24.6 Å². The van der Waals surface area contributed by atoms with E-state index < -0.39 is 11.7 Å². The minimum atomic E-state index is -0.945. The number of benzene rings is 4. The lowest BCUT2D eigenvalue weighted by atomic mass is 9.91. The van der Waals surface area contributed by atoms with E-state index in [0.29, 0.717) is 70.8 Å². The lowest BCUT2D eigenvalue weighted by Crippen LogP contribution is -2.49. The van der Waals surface area contributed by atoms with Crippen LogP contribution in [0.5, 0.6) is 0 Å². The van der Waals surface area contributed by atoms with Crippen LogP contribution in [0.4, 0.5) is 0 Å². The summed E-state index contributed by atoms with van der Waals surface area (Å²) >= 11 is 7.23. The van der Waals surface area contributed by atoms with E-state index in [1.165, 1.54) is 27.2 Å². The fraction of sp³-hybridized carbons (Fsp3) is 0.456. The third kappa shape index (κ3) is 16.0. The van der Waals surface area contributed by atoms with Gasteiger partial charge in [0.2, 0.25) is 5.91 Å². The smallest absolute Gasteiger partial charge is 0.281 e. The number of rotatable bonds is 21. The van der Waals surface area contributed by atoms with Crippen LogP contribution in [0.1, 0.15) is 50.7 Å². The second kappa shape index (κ2) is 28.3. The summed E-state index contributed by atoms with van der Waals surface area (Å²) in [5.74, 6) is -0.0943. The molecule has 9 rings (SSSR count). The molecule has 1 amide bonds. The van der Waals surface area contributed by atoms with Gasteiger partial charge in [-0.25, -0.2) is 4.98 Å². The quantitative estimate of drug-likeness (QED) is 0.0481. The highest BCUT2D eigenvalue weighted by Crippen LogP contribution is 2.34. The van der Waals surface area contributed by atoms with Crippen molar-refractivity contribution in [1.29, 1.82) is 0 Å². The number of likely N-dealkylation sites (tertiary alicyclic amines) is 1. The van der Waals surface area contributed by atoms with Gasteiger partial charge in [0, 0.05) is 115 Å². The molecule has 0 saturated carbocycles. The molecule has 4 aromatic carbocycles. The van der Waals surface area contributed by atoms with Gasteiger partial charge in [0.25, 0.3) is 5.56 Å². The van der Waals surface area contributed by atoms with Crippen molar-refractivity contribution in [3.8, 4) is 11.3 Å². The Hall–Kier alpha value is -5.15. The van der Waals surface area contributed by atoms with Crippen LogP contribution < -0.4 is 10.9 Å². The number of β-amino-alcohol motifs (C(OH)–C–C–N with tert-alkyl or cyclic N) is 1. The predicted molar refractivity (Wildman–Crippen MR) is 304 cm³/mol. The largest absolute Gasteiger partial charge is 0.390 e. The molecular formula is C57H73Br2N9O7. The summed E-state index contributed by atoms with van der Waals surface area (Å²) in [5.41, 5.74) is 5.56. The summed E-state index contributed by atoms with van der Waals surface area (Å²) < 4.78 is 19.0. The third-order valence-electron chi connectivity index (χ3n) is 13.8. The molecule has 0 aliphatic carbocycles. The van der Waals surface area contributed by atoms with E-state index in [-0.39, 0.29) is 29.9 Å². The molecule has 1 unspecified atom stereocenters. The Labute approximate surface area is 456 Å². The predicted octanol–water partition coefficient (Wildman–Crippen LogP) is 7.45. The number of ether oxygens (including phenoxy) is 2. The van der Waals surface area contributed by atoms with Gasteiger partial charge in [-0.1, -0.05) is 100 Å². The number of hydrogen-bond acceptors (Lipinski definition) is 12. The van der Waals surface area contributed by atoms with Crippen molar-refractivity contribution < 1.29 is 29.3 Å². The molecule has 2 fully saturated rings. The number of carbonyl (C=O) groups is 2. The average molecular weight is 1160 g/mol. The molecule has 2 aliphatic rings.